The summed E-state index contributed by atoms with van der Waals surface area (Å²) in [6, 6.07) is 0. The van der Waals surface area contributed by atoms with Gasteiger partial charge in [0.25, 0.3) is 0 Å². The van der Waals surface area contributed by atoms with Crippen LogP contribution in [0.25, 0.3) is 0 Å². The molecule has 1 heterocycles. The lowest BCUT2D eigenvalue weighted by molar-refractivity contribution is 0.0241. The van der Waals surface area contributed by atoms with Gasteiger partial charge in [0.1, 0.15) is 16.4 Å². The fraction of sp³-hybridized carbons (Fsp3) is 0.429. The number of rotatable bonds is 3. The Hall–Kier alpha value is -0.660. The molecule has 2 atom stereocenters. The van der Waals surface area contributed by atoms with Gasteiger partial charge in [-0.25, -0.2) is 9.97 Å². The summed E-state index contributed by atoms with van der Waals surface area (Å²) in [6.07, 6.45) is -2.53. The highest BCUT2D eigenvalue weighted by molar-refractivity contribution is 6.34. The largest absolute Gasteiger partial charge is 0.389 e. The van der Waals surface area contributed by atoms with Crippen LogP contribution in [-0.2, 0) is 0 Å². The normalized spacial score (nSPS) is 15.0. The lowest BCUT2D eigenvalue weighted by atomic mass is 10.1. The van der Waals surface area contributed by atoms with Gasteiger partial charge in [-0.3, -0.25) is 0 Å². The first-order chi connectivity index (χ1) is 6.97. The topological polar surface area (TPSA) is 118 Å². The zero-order chi connectivity index (χ0) is 11.6. The molecule has 8 heteroatoms. The van der Waals surface area contributed by atoms with E-state index in [1.807, 2.05) is 0 Å². The van der Waals surface area contributed by atoms with Crippen molar-refractivity contribution in [3.8, 4) is 0 Å². The molecule has 0 aliphatic rings. The second kappa shape index (κ2) is 4.91. The van der Waals surface area contributed by atoms with Gasteiger partial charge in [0, 0.05) is 6.54 Å². The minimum absolute atomic E-state index is 0.0190. The summed E-state index contributed by atoms with van der Waals surface area (Å²) in [5.74, 6) is -0.108. The molecule has 6 nitrogen and oxygen atoms in total. The monoisotopic (exact) mass is 252 g/mol. The Balaban J connectivity index is 3.13. The third-order valence-electron chi connectivity index (χ3n) is 1.77. The molecule has 0 saturated heterocycles. The number of anilines is 1. The van der Waals surface area contributed by atoms with Crippen LogP contribution in [0.3, 0.4) is 0 Å². The molecule has 0 aromatic carbocycles. The van der Waals surface area contributed by atoms with Crippen LogP contribution in [0.4, 0.5) is 5.95 Å². The molecule has 15 heavy (non-hydrogen) atoms. The zero-order valence-corrected chi connectivity index (χ0v) is 9.07. The molecular formula is C7H10Cl2N4O2. The van der Waals surface area contributed by atoms with Gasteiger partial charge in [0.2, 0.25) is 5.95 Å². The van der Waals surface area contributed by atoms with E-state index in [1.54, 1.807) is 0 Å². The summed E-state index contributed by atoms with van der Waals surface area (Å²) < 4.78 is 0. The zero-order valence-electron chi connectivity index (χ0n) is 7.56. The lowest BCUT2D eigenvalue weighted by Gasteiger charge is -2.17. The highest BCUT2D eigenvalue weighted by Gasteiger charge is 2.24. The van der Waals surface area contributed by atoms with Gasteiger partial charge < -0.3 is 21.7 Å². The number of halogens is 2. The number of aliphatic hydroxyl groups excluding tert-OH is 2. The second-order valence-electron chi connectivity index (χ2n) is 2.82. The van der Waals surface area contributed by atoms with Gasteiger partial charge in [-0.1, -0.05) is 23.2 Å². The molecule has 0 bridgehead atoms. The Labute approximate surface area is 95.8 Å². The standard InChI is InChI=1S/C7H10Cl2N4O2/c8-5-3(4(15)2(14)1-10)6(9)13-7(11)12-5/h2,4,14-15H,1,10H2,(H2,11,12,13). The molecule has 1 rings (SSSR count). The van der Waals surface area contributed by atoms with E-state index >= 15 is 0 Å². The van der Waals surface area contributed by atoms with Gasteiger partial charge in [-0.05, 0) is 0 Å². The van der Waals surface area contributed by atoms with E-state index < -0.39 is 12.2 Å². The Morgan fingerprint density at radius 3 is 2.07 bits per heavy atom. The van der Waals surface area contributed by atoms with Gasteiger partial charge in [-0.2, -0.15) is 0 Å². The van der Waals surface area contributed by atoms with E-state index in [-0.39, 0.29) is 28.4 Å². The van der Waals surface area contributed by atoms with E-state index in [2.05, 4.69) is 9.97 Å². The van der Waals surface area contributed by atoms with Crippen molar-refractivity contribution in [2.75, 3.05) is 12.3 Å². The molecule has 0 saturated carbocycles. The van der Waals surface area contributed by atoms with Crippen molar-refractivity contribution < 1.29 is 10.2 Å². The summed E-state index contributed by atoms with van der Waals surface area (Å²) >= 11 is 11.4. The first kappa shape index (κ1) is 12.4. The number of nitrogens with zero attached hydrogens (tertiary/aromatic N) is 2. The van der Waals surface area contributed by atoms with Crippen LogP contribution in [0.1, 0.15) is 11.7 Å². The Kier molecular flexibility index (Phi) is 4.06. The lowest BCUT2D eigenvalue weighted by Crippen LogP contribution is -2.28. The van der Waals surface area contributed by atoms with Gasteiger partial charge in [0.15, 0.2) is 0 Å². The van der Waals surface area contributed by atoms with Gasteiger partial charge in [-0.15, -0.1) is 0 Å². The van der Waals surface area contributed by atoms with Crippen molar-refractivity contribution in [3.05, 3.63) is 15.9 Å². The Morgan fingerprint density at radius 1 is 1.20 bits per heavy atom. The van der Waals surface area contributed by atoms with Crippen molar-refractivity contribution in [1.82, 2.24) is 9.97 Å². The third-order valence-corrected chi connectivity index (χ3v) is 2.35. The van der Waals surface area contributed by atoms with E-state index in [4.69, 9.17) is 34.7 Å². The molecule has 0 amide bonds. The molecular weight excluding hydrogens is 243 g/mol. The maximum Gasteiger partial charge on any atom is 0.222 e. The van der Waals surface area contributed by atoms with Crippen LogP contribution >= 0.6 is 23.2 Å². The number of nitrogen functional groups attached to an aromatic ring is 1. The average molecular weight is 253 g/mol. The number of nitrogens with two attached hydrogens (primary N) is 2. The summed E-state index contributed by atoms with van der Waals surface area (Å²) in [7, 11) is 0. The molecule has 0 aliphatic carbocycles. The summed E-state index contributed by atoms with van der Waals surface area (Å²) in [5, 5.41) is 18.7. The average Bonchev–Trinajstić information content (AvgIpc) is 2.14. The van der Waals surface area contributed by atoms with E-state index in [0.717, 1.165) is 0 Å². The number of hydrogen-bond donors (Lipinski definition) is 4. The fourth-order valence-electron chi connectivity index (χ4n) is 0.997. The van der Waals surface area contributed by atoms with Crippen LogP contribution in [0, 0.1) is 0 Å². The van der Waals surface area contributed by atoms with Crippen molar-refractivity contribution in [2.24, 2.45) is 5.73 Å². The maximum absolute atomic E-state index is 9.62. The minimum atomic E-state index is -1.34. The van der Waals surface area contributed by atoms with E-state index in [0.29, 0.717) is 0 Å². The molecule has 0 fully saturated rings. The molecule has 2 unspecified atom stereocenters. The van der Waals surface area contributed by atoms with Crippen LogP contribution in [-0.4, -0.2) is 32.8 Å². The number of hydrogen-bond acceptors (Lipinski definition) is 6. The SMILES string of the molecule is NCC(O)C(O)c1c(Cl)nc(N)nc1Cl. The molecule has 0 aliphatic heterocycles. The van der Waals surface area contributed by atoms with E-state index in [9.17, 15) is 10.2 Å². The number of aliphatic hydroxyl groups is 2. The molecule has 0 spiro atoms. The third kappa shape index (κ3) is 2.67. The molecule has 1 aromatic rings. The Morgan fingerprint density at radius 2 is 1.67 bits per heavy atom. The van der Waals surface area contributed by atoms with E-state index in [1.165, 1.54) is 0 Å². The molecule has 84 valence electrons. The first-order valence-electron chi connectivity index (χ1n) is 4.02. The second-order valence-corrected chi connectivity index (χ2v) is 3.54. The number of aromatic nitrogens is 2. The highest BCUT2D eigenvalue weighted by Crippen LogP contribution is 2.29. The molecule has 6 N–H and O–H groups in total. The van der Waals surface area contributed by atoms with Crippen molar-refractivity contribution in [3.63, 3.8) is 0 Å². The van der Waals surface area contributed by atoms with Crippen molar-refractivity contribution >= 4 is 29.2 Å². The predicted octanol–water partition coefficient (Wildman–Crippen LogP) is -0.281. The molecule has 1 aromatic heterocycles. The van der Waals surface area contributed by atoms with Crippen LogP contribution in [0.15, 0.2) is 0 Å². The van der Waals surface area contributed by atoms with Crippen molar-refractivity contribution in [1.29, 1.82) is 0 Å². The predicted molar refractivity (Wildman–Crippen MR) is 56.5 cm³/mol. The van der Waals surface area contributed by atoms with Crippen LogP contribution in [0.2, 0.25) is 10.3 Å². The van der Waals surface area contributed by atoms with Crippen molar-refractivity contribution in [2.45, 2.75) is 12.2 Å². The summed E-state index contributed by atoms with van der Waals surface area (Å²) in [5.41, 5.74) is 10.5. The minimum Gasteiger partial charge on any atom is -0.389 e. The maximum atomic E-state index is 9.62. The quantitative estimate of drug-likeness (QED) is 0.550. The fourth-order valence-corrected chi connectivity index (χ4v) is 1.62. The smallest absolute Gasteiger partial charge is 0.222 e. The van der Waals surface area contributed by atoms with Crippen LogP contribution in [0.5, 0.6) is 0 Å². The molecule has 0 radical (unpaired) electrons. The summed E-state index contributed by atoms with van der Waals surface area (Å²) in [4.78, 5) is 7.22. The first-order valence-corrected chi connectivity index (χ1v) is 4.77. The van der Waals surface area contributed by atoms with Crippen LogP contribution < -0.4 is 11.5 Å². The van der Waals surface area contributed by atoms with Gasteiger partial charge in [0.05, 0.1) is 11.7 Å². The summed E-state index contributed by atoms with van der Waals surface area (Å²) in [6.45, 7) is -0.141. The highest BCUT2D eigenvalue weighted by atomic mass is 35.5. The Bertz CT molecular complexity index is 340. The van der Waals surface area contributed by atoms with Gasteiger partial charge >= 0.3 is 0 Å².